The topological polar surface area (TPSA) is 146 Å². The van der Waals surface area contributed by atoms with E-state index in [1.807, 2.05) is 0 Å². The Labute approximate surface area is 222 Å². The Morgan fingerprint density at radius 1 is 1.16 bits per heavy atom. The number of Topliss-reactive ketones (excluding diaryl/α,β-unsaturated/α-hetero) is 1. The number of aliphatic hydroxyl groups is 3. The summed E-state index contributed by atoms with van der Waals surface area (Å²) in [6.45, 7) is 1.06. The number of hydrogen-bond acceptors (Lipinski definition) is 8. The van der Waals surface area contributed by atoms with Gasteiger partial charge in [-0.1, -0.05) is 12.8 Å². The molecule has 1 fully saturated rings. The first-order valence-corrected chi connectivity index (χ1v) is 13.4. The molecular formula is C28H38N2O8. The number of benzene rings is 1. The van der Waals surface area contributed by atoms with Gasteiger partial charge in [0.1, 0.15) is 18.0 Å². The molecule has 0 bridgehead atoms. The molecule has 10 nitrogen and oxygen atoms in total. The van der Waals surface area contributed by atoms with E-state index >= 15 is 0 Å². The standard InChI is InChI=1S/C28H38N2O8/c1-16(33)6-5-9-23(34)30(18-7-3-4-8-18)21-14-20(28(36)29-10-11-31)24-19-12-17(15-32)13-22(37-2)26(19)38-27(24)25(21)35/h12-14,18,21,24-25,27,31-32,35H,3-11,15H2,1-2H3,(H,29,36)/t21-,24+,25+,27+/m1/s1. The Kier molecular flexibility index (Phi) is 9.07. The molecule has 4 rings (SSSR count). The minimum atomic E-state index is -1.14. The normalized spacial score (nSPS) is 24.2. The summed E-state index contributed by atoms with van der Waals surface area (Å²) in [6.07, 6.45) is 4.07. The van der Waals surface area contributed by atoms with Crippen LogP contribution in [0.2, 0.25) is 0 Å². The summed E-state index contributed by atoms with van der Waals surface area (Å²) < 4.78 is 11.8. The highest BCUT2D eigenvalue weighted by Gasteiger charge is 2.52. The van der Waals surface area contributed by atoms with Crippen LogP contribution in [0.15, 0.2) is 23.8 Å². The van der Waals surface area contributed by atoms with Crippen LogP contribution in [-0.2, 0) is 21.0 Å². The molecule has 0 aromatic heterocycles. The van der Waals surface area contributed by atoms with Crippen LogP contribution in [0.3, 0.4) is 0 Å². The molecule has 1 aliphatic heterocycles. The van der Waals surface area contributed by atoms with E-state index in [1.165, 1.54) is 14.0 Å². The van der Waals surface area contributed by atoms with Gasteiger partial charge in [-0.25, -0.2) is 0 Å². The van der Waals surface area contributed by atoms with Gasteiger partial charge in [0.25, 0.3) is 0 Å². The van der Waals surface area contributed by atoms with Gasteiger partial charge in [0.2, 0.25) is 11.8 Å². The average Bonchev–Trinajstić information content (AvgIpc) is 3.56. The number of ether oxygens (including phenoxy) is 2. The molecule has 4 N–H and O–H groups in total. The van der Waals surface area contributed by atoms with E-state index in [9.17, 15) is 29.7 Å². The minimum absolute atomic E-state index is 0.0156. The maximum atomic E-state index is 13.6. The summed E-state index contributed by atoms with van der Waals surface area (Å²) in [4.78, 5) is 40.1. The Balaban J connectivity index is 1.76. The monoisotopic (exact) mass is 530 g/mol. The van der Waals surface area contributed by atoms with Crippen LogP contribution in [0.25, 0.3) is 0 Å². The number of hydrogen-bond donors (Lipinski definition) is 4. The third kappa shape index (κ3) is 5.57. The molecular weight excluding hydrogens is 492 g/mol. The summed E-state index contributed by atoms with van der Waals surface area (Å²) >= 11 is 0. The largest absolute Gasteiger partial charge is 0.493 e. The van der Waals surface area contributed by atoms with Crippen molar-refractivity contribution in [3.63, 3.8) is 0 Å². The van der Waals surface area contributed by atoms with Crippen molar-refractivity contribution in [2.24, 2.45) is 0 Å². The Morgan fingerprint density at radius 3 is 2.53 bits per heavy atom. The van der Waals surface area contributed by atoms with Crippen LogP contribution in [0.1, 0.15) is 68.9 Å². The molecule has 1 aromatic rings. The fraction of sp³-hybridized carbons (Fsp3) is 0.607. The van der Waals surface area contributed by atoms with Crippen molar-refractivity contribution in [2.75, 3.05) is 20.3 Å². The fourth-order valence-corrected chi connectivity index (χ4v) is 6.00. The lowest BCUT2D eigenvalue weighted by molar-refractivity contribution is -0.140. The summed E-state index contributed by atoms with van der Waals surface area (Å²) in [7, 11) is 1.48. The summed E-state index contributed by atoms with van der Waals surface area (Å²) in [6, 6.07) is 2.49. The van der Waals surface area contributed by atoms with Crippen LogP contribution < -0.4 is 14.8 Å². The van der Waals surface area contributed by atoms with Gasteiger partial charge in [-0.15, -0.1) is 0 Å². The van der Waals surface area contributed by atoms with Crippen LogP contribution in [0.4, 0.5) is 0 Å². The fourth-order valence-electron chi connectivity index (χ4n) is 6.00. The first-order valence-electron chi connectivity index (χ1n) is 13.4. The third-order valence-electron chi connectivity index (χ3n) is 7.74. The van der Waals surface area contributed by atoms with Gasteiger partial charge in [-0.2, -0.15) is 0 Å². The number of methoxy groups -OCH3 is 1. The van der Waals surface area contributed by atoms with Gasteiger partial charge in [-0.3, -0.25) is 9.59 Å². The lowest BCUT2D eigenvalue weighted by Crippen LogP contribution is -2.58. The number of carbonyl (C=O) groups is 3. The van der Waals surface area contributed by atoms with E-state index in [-0.39, 0.29) is 43.9 Å². The number of carbonyl (C=O) groups excluding carboxylic acids is 3. The minimum Gasteiger partial charge on any atom is -0.493 e. The van der Waals surface area contributed by atoms with Gasteiger partial charge in [0, 0.05) is 36.6 Å². The smallest absolute Gasteiger partial charge is 0.247 e. The lowest BCUT2D eigenvalue weighted by Gasteiger charge is -2.43. The summed E-state index contributed by atoms with van der Waals surface area (Å²) in [5.74, 6) is -0.461. The second-order valence-electron chi connectivity index (χ2n) is 10.3. The molecule has 0 unspecified atom stereocenters. The maximum absolute atomic E-state index is 13.6. The maximum Gasteiger partial charge on any atom is 0.247 e. The second-order valence-corrected chi connectivity index (χ2v) is 10.3. The molecule has 0 saturated heterocycles. The van der Waals surface area contributed by atoms with Crippen molar-refractivity contribution < 1.29 is 39.2 Å². The summed E-state index contributed by atoms with van der Waals surface area (Å²) in [5, 5.41) is 33.5. The van der Waals surface area contributed by atoms with Gasteiger partial charge in [0.05, 0.1) is 32.3 Å². The molecule has 10 heteroatoms. The molecule has 1 saturated carbocycles. The Morgan fingerprint density at radius 2 is 1.89 bits per heavy atom. The molecule has 208 valence electrons. The predicted octanol–water partition coefficient (Wildman–Crippen LogP) is 1.34. The molecule has 2 aliphatic carbocycles. The van der Waals surface area contributed by atoms with E-state index in [0.29, 0.717) is 41.0 Å². The third-order valence-corrected chi connectivity index (χ3v) is 7.74. The zero-order valence-electron chi connectivity index (χ0n) is 22.0. The first kappa shape index (κ1) is 28.1. The van der Waals surface area contributed by atoms with E-state index in [4.69, 9.17) is 9.47 Å². The molecule has 0 radical (unpaired) electrons. The van der Waals surface area contributed by atoms with Crippen molar-refractivity contribution in [3.8, 4) is 11.5 Å². The van der Waals surface area contributed by atoms with Crippen LogP contribution in [0.5, 0.6) is 11.5 Å². The number of nitrogens with one attached hydrogen (secondary N) is 1. The van der Waals surface area contributed by atoms with Gasteiger partial charge in [-0.05, 0) is 50.0 Å². The number of aliphatic hydroxyl groups excluding tert-OH is 3. The van der Waals surface area contributed by atoms with E-state index in [0.717, 1.165) is 25.7 Å². The van der Waals surface area contributed by atoms with Gasteiger partial charge >= 0.3 is 0 Å². The van der Waals surface area contributed by atoms with Crippen molar-refractivity contribution in [1.82, 2.24) is 10.2 Å². The molecule has 4 atom stereocenters. The zero-order chi connectivity index (χ0) is 27.4. The van der Waals surface area contributed by atoms with E-state index < -0.39 is 30.1 Å². The molecule has 1 heterocycles. The van der Waals surface area contributed by atoms with Crippen molar-refractivity contribution in [3.05, 3.63) is 34.9 Å². The number of rotatable bonds is 11. The highest BCUT2D eigenvalue weighted by molar-refractivity contribution is 5.96. The van der Waals surface area contributed by atoms with Crippen LogP contribution in [0, 0.1) is 0 Å². The van der Waals surface area contributed by atoms with Crippen molar-refractivity contribution in [2.45, 2.75) is 88.7 Å². The molecule has 1 aromatic carbocycles. The number of nitrogens with zero attached hydrogens (tertiary/aromatic N) is 1. The van der Waals surface area contributed by atoms with Crippen LogP contribution >= 0.6 is 0 Å². The number of fused-ring (bicyclic) bond motifs is 3. The Hall–Kier alpha value is -2.95. The van der Waals surface area contributed by atoms with Gasteiger partial charge in [0.15, 0.2) is 11.5 Å². The molecule has 38 heavy (non-hydrogen) atoms. The molecule has 3 aliphatic rings. The quantitative estimate of drug-likeness (QED) is 0.335. The lowest BCUT2D eigenvalue weighted by atomic mass is 9.77. The molecule has 2 amide bonds. The highest BCUT2D eigenvalue weighted by atomic mass is 16.5. The van der Waals surface area contributed by atoms with Gasteiger partial charge < -0.3 is 39.8 Å². The summed E-state index contributed by atoms with van der Waals surface area (Å²) in [5.41, 5.74) is 1.51. The van der Waals surface area contributed by atoms with E-state index in [1.54, 1.807) is 23.1 Å². The van der Waals surface area contributed by atoms with Crippen molar-refractivity contribution in [1.29, 1.82) is 0 Å². The SMILES string of the molecule is COc1cc(CO)cc2c1O[C@@H]1[C@@H](O)[C@H](N(C(=O)CCCC(C)=O)C3CCCC3)C=C(C(=O)NCCO)[C@H]21. The predicted molar refractivity (Wildman–Crippen MR) is 138 cm³/mol. The average molecular weight is 531 g/mol. The number of amides is 2. The van der Waals surface area contributed by atoms with Crippen molar-refractivity contribution >= 4 is 17.6 Å². The highest BCUT2D eigenvalue weighted by Crippen LogP contribution is 2.51. The Bertz CT molecular complexity index is 1080. The number of ketones is 1. The van der Waals surface area contributed by atoms with E-state index in [2.05, 4.69) is 5.32 Å². The first-order chi connectivity index (χ1) is 18.3. The second kappa shape index (κ2) is 12.3. The van der Waals surface area contributed by atoms with Crippen LogP contribution in [-0.4, -0.2) is 82.4 Å². The zero-order valence-corrected chi connectivity index (χ0v) is 22.0. The molecule has 0 spiro atoms.